The molecule has 1 N–H and O–H groups in total. The number of thiophene rings is 1. The standard InChI is InChI=1S/C24H21F3N8OS/c1-3-13-4-5-15-16(10-28)22(37-19(15)8-13)32-21(36)17-6-7-35(33-17)23-30-18(14-11-29-34(2)12-14)9-20(31-23)24(25,26)27/h6-7,9,11-13H,3-5,8H2,1-2H3,(H,32,36)/t13-/m1/s1. The molecule has 5 rings (SSSR count). The Hall–Kier alpha value is -4.05. The van der Waals surface area contributed by atoms with Gasteiger partial charge in [-0.2, -0.15) is 28.6 Å². The molecule has 9 nitrogen and oxygen atoms in total. The summed E-state index contributed by atoms with van der Waals surface area (Å²) in [6, 6.07) is 4.40. The average molecular weight is 527 g/mol. The topological polar surface area (TPSA) is 114 Å². The van der Waals surface area contributed by atoms with E-state index in [4.69, 9.17) is 0 Å². The van der Waals surface area contributed by atoms with Gasteiger partial charge in [0.2, 0.25) is 0 Å². The summed E-state index contributed by atoms with van der Waals surface area (Å²) in [7, 11) is 1.64. The molecule has 37 heavy (non-hydrogen) atoms. The van der Waals surface area contributed by atoms with Crippen molar-refractivity contribution in [1.29, 1.82) is 5.26 Å². The van der Waals surface area contributed by atoms with E-state index in [2.05, 4.69) is 38.5 Å². The Balaban J connectivity index is 1.44. The van der Waals surface area contributed by atoms with Gasteiger partial charge in [-0.15, -0.1) is 11.3 Å². The average Bonchev–Trinajstić information content (AvgIpc) is 3.61. The Kier molecular flexibility index (Phi) is 6.28. The van der Waals surface area contributed by atoms with Gasteiger partial charge in [0, 0.05) is 29.9 Å². The molecule has 0 aliphatic heterocycles. The van der Waals surface area contributed by atoms with E-state index in [1.54, 1.807) is 7.05 Å². The van der Waals surface area contributed by atoms with E-state index >= 15 is 0 Å². The molecule has 0 unspecified atom stereocenters. The van der Waals surface area contributed by atoms with E-state index in [9.17, 15) is 23.2 Å². The molecule has 1 atom stereocenters. The van der Waals surface area contributed by atoms with E-state index < -0.39 is 17.8 Å². The van der Waals surface area contributed by atoms with Crippen LogP contribution in [0.15, 0.2) is 30.7 Å². The minimum absolute atomic E-state index is 0.0140. The molecule has 1 aliphatic rings. The number of anilines is 1. The lowest BCUT2D eigenvalue weighted by molar-refractivity contribution is -0.141. The van der Waals surface area contributed by atoms with Crippen LogP contribution >= 0.6 is 11.3 Å². The molecule has 0 radical (unpaired) electrons. The van der Waals surface area contributed by atoms with E-state index in [0.29, 0.717) is 22.0 Å². The smallest absolute Gasteiger partial charge is 0.311 e. The van der Waals surface area contributed by atoms with Gasteiger partial charge < -0.3 is 5.32 Å². The molecular formula is C24H21F3N8OS. The van der Waals surface area contributed by atoms with Crippen molar-refractivity contribution in [3.8, 4) is 23.3 Å². The molecule has 0 spiro atoms. The summed E-state index contributed by atoms with van der Waals surface area (Å²) < 4.78 is 43.1. The number of nitrogens with one attached hydrogen (secondary N) is 1. The van der Waals surface area contributed by atoms with Gasteiger partial charge in [0.15, 0.2) is 11.4 Å². The number of carbonyl (C=O) groups is 1. The SMILES string of the molecule is CC[C@@H]1CCc2c(sc(NC(=O)c3ccn(-c4nc(-c5cnn(C)c5)cc(C(F)(F)F)n4)n3)c2C#N)C1. The fourth-order valence-electron chi connectivity index (χ4n) is 4.32. The van der Waals surface area contributed by atoms with Crippen molar-refractivity contribution >= 4 is 22.2 Å². The van der Waals surface area contributed by atoms with Crippen molar-refractivity contribution in [2.75, 3.05) is 5.32 Å². The fraction of sp³-hybridized carbons (Fsp3) is 0.333. The van der Waals surface area contributed by atoms with Gasteiger partial charge >= 0.3 is 6.18 Å². The number of rotatable bonds is 5. The summed E-state index contributed by atoms with van der Waals surface area (Å²) in [6.45, 7) is 2.14. The molecule has 0 fully saturated rings. The molecule has 0 bridgehead atoms. The maximum Gasteiger partial charge on any atom is 0.433 e. The lowest BCUT2D eigenvalue weighted by Crippen LogP contribution is -2.15. The highest BCUT2D eigenvalue weighted by Crippen LogP contribution is 2.40. The molecule has 0 saturated heterocycles. The molecule has 1 aliphatic carbocycles. The van der Waals surface area contributed by atoms with Crippen LogP contribution in [0.5, 0.6) is 0 Å². The first kappa shape index (κ1) is 24.6. The van der Waals surface area contributed by atoms with Crippen molar-refractivity contribution in [3.05, 3.63) is 58.1 Å². The molecule has 0 saturated carbocycles. The van der Waals surface area contributed by atoms with Crippen LogP contribution in [0.4, 0.5) is 18.2 Å². The summed E-state index contributed by atoms with van der Waals surface area (Å²) in [5.41, 5.74) is 0.637. The molecule has 13 heteroatoms. The molecule has 1 amide bonds. The van der Waals surface area contributed by atoms with Crippen LogP contribution in [0.1, 0.15) is 52.0 Å². The predicted octanol–water partition coefficient (Wildman–Crippen LogP) is 4.78. The Morgan fingerprint density at radius 3 is 2.84 bits per heavy atom. The van der Waals surface area contributed by atoms with Crippen LogP contribution in [-0.4, -0.2) is 35.4 Å². The molecule has 4 aromatic heterocycles. The number of amides is 1. The summed E-state index contributed by atoms with van der Waals surface area (Å²) in [5, 5.41) is 21.0. The first-order valence-corrected chi connectivity index (χ1v) is 12.3. The molecule has 0 aromatic carbocycles. The third kappa shape index (κ3) is 4.84. The van der Waals surface area contributed by atoms with Crippen molar-refractivity contribution in [1.82, 2.24) is 29.5 Å². The van der Waals surface area contributed by atoms with Crippen LogP contribution in [0.25, 0.3) is 17.2 Å². The minimum atomic E-state index is -4.72. The monoisotopic (exact) mass is 526 g/mol. The maximum atomic E-state index is 13.5. The molecule has 4 aromatic rings. The number of nitrogens with zero attached hydrogens (tertiary/aromatic N) is 7. The van der Waals surface area contributed by atoms with Crippen molar-refractivity contribution in [2.24, 2.45) is 13.0 Å². The molecule has 190 valence electrons. The lowest BCUT2D eigenvalue weighted by Gasteiger charge is -2.20. The van der Waals surface area contributed by atoms with Crippen LogP contribution in [0.3, 0.4) is 0 Å². The minimum Gasteiger partial charge on any atom is -0.311 e. The zero-order chi connectivity index (χ0) is 26.3. The first-order chi connectivity index (χ1) is 17.7. The predicted molar refractivity (Wildman–Crippen MR) is 129 cm³/mol. The number of fused-ring (bicyclic) bond motifs is 1. The van der Waals surface area contributed by atoms with Crippen LogP contribution < -0.4 is 5.32 Å². The fourth-order valence-corrected chi connectivity index (χ4v) is 5.62. The summed E-state index contributed by atoms with van der Waals surface area (Å²) in [6.07, 6.45) is 3.25. The van der Waals surface area contributed by atoms with Crippen LogP contribution in [0, 0.1) is 17.2 Å². The van der Waals surface area contributed by atoms with Crippen molar-refractivity contribution < 1.29 is 18.0 Å². The maximum absolute atomic E-state index is 13.5. The van der Waals surface area contributed by atoms with Crippen LogP contribution in [-0.2, 0) is 26.1 Å². The first-order valence-electron chi connectivity index (χ1n) is 11.5. The van der Waals surface area contributed by atoms with E-state index in [1.807, 2.05) is 0 Å². The van der Waals surface area contributed by atoms with Gasteiger partial charge in [0.25, 0.3) is 11.9 Å². The Labute approximate surface area is 213 Å². The highest BCUT2D eigenvalue weighted by molar-refractivity contribution is 7.16. The Bertz CT molecular complexity index is 1530. The van der Waals surface area contributed by atoms with Gasteiger partial charge in [-0.25, -0.2) is 14.6 Å². The number of aryl methyl sites for hydroxylation is 1. The number of carbonyl (C=O) groups excluding carboxylic acids is 1. The summed E-state index contributed by atoms with van der Waals surface area (Å²) >= 11 is 1.39. The van der Waals surface area contributed by atoms with Gasteiger partial charge in [-0.1, -0.05) is 13.3 Å². The zero-order valence-electron chi connectivity index (χ0n) is 19.9. The number of halogens is 3. The lowest BCUT2D eigenvalue weighted by atomic mass is 9.86. The van der Waals surface area contributed by atoms with E-state index in [-0.39, 0.29) is 17.3 Å². The summed E-state index contributed by atoms with van der Waals surface area (Å²) in [4.78, 5) is 21.9. The number of hydrogen-bond donors (Lipinski definition) is 1. The third-order valence-electron chi connectivity index (χ3n) is 6.32. The third-order valence-corrected chi connectivity index (χ3v) is 7.49. The van der Waals surface area contributed by atoms with Crippen molar-refractivity contribution in [3.63, 3.8) is 0 Å². The van der Waals surface area contributed by atoms with Crippen LogP contribution in [0.2, 0.25) is 0 Å². The Morgan fingerprint density at radius 2 is 2.16 bits per heavy atom. The number of nitriles is 1. The van der Waals surface area contributed by atoms with E-state index in [0.717, 1.165) is 46.9 Å². The van der Waals surface area contributed by atoms with E-state index in [1.165, 1.54) is 40.7 Å². The largest absolute Gasteiger partial charge is 0.433 e. The number of hydrogen-bond acceptors (Lipinski definition) is 7. The number of aromatic nitrogens is 6. The highest BCUT2D eigenvalue weighted by Gasteiger charge is 2.34. The summed E-state index contributed by atoms with van der Waals surface area (Å²) in [5.74, 6) is -0.371. The highest BCUT2D eigenvalue weighted by atomic mass is 32.1. The number of alkyl halides is 3. The quantitative estimate of drug-likeness (QED) is 0.400. The van der Waals surface area contributed by atoms with Crippen molar-refractivity contribution in [2.45, 2.75) is 38.8 Å². The van der Waals surface area contributed by atoms with Gasteiger partial charge in [0.05, 0.1) is 17.5 Å². The van der Waals surface area contributed by atoms with Gasteiger partial charge in [-0.3, -0.25) is 9.48 Å². The van der Waals surface area contributed by atoms with Gasteiger partial charge in [0.1, 0.15) is 11.1 Å². The van der Waals surface area contributed by atoms with Gasteiger partial charge in [-0.05, 0) is 42.9 Å². The second kappa shape index (κ2) is 9.44. The zero-order valence-corrected chi connectivity index (χ0v) is 20.7. The molecule has 4 heterocycles. The second-order valence-corrected chi connectivity index (χ2v) is 9.88. The molecular weight excluding hydrogens is 505 g/mol. The Morgan fingerprint density at radius 1 is 1.35 bits per heavy atom. The normalized spacial score (nSPS) is 15.3. The second-order valence-electron chi connectivity index (χ2n) is 8.78.